The van der Waals surface area contributed by atoms with Crippen molar-refractivity contribution in [2.45, 2.75) is 6.04 Å². The van der Waals surface area contributed by atoms with Gasteiger partial charge in [0.2, 0.25) is 0 Å². The van der Waals surface area contributed by atoms with Crippen LogP contribution in [0.2, 0.25) is 0 Å². The van der Waals surface area contributed by atoms with E-state index in [1.807, 2.05) is 54.6 Å². The molecule has 2 heterocycles. The zero-order valence-electron chi connectivity index (χ0n) is 17.6. The van der Waals surface area contributed by atoms with Gasteiger partial charge in [0.05, 0.1) is 24.8 Å². The summed E-state index contributed by atoms with van der Waals surface area (Å²) in [6, 6.07) is 16.3. The van der Waals surface area contributed by atoms with E-state index in [1.165, 1.54) is 6.08 Å². The van der Waals surface area contributed by atoms with Crippen LogP contribution in [0.25, 0.3) is 6.08 Å². The lowest BCUT2D eigenvalue weighted by Crippen LogP contribution is -2.43. The monoisotopic (exact) mass is 496 g/mol. The molecule has 2 aromatic carbocycles. The van der Waals surface area contributed by atoms with Gasteiger partial charge in [-0.2, -0.15) is 0 Å². The SMILES string of the molecule is O=C(C=Cc1ccccc1)C1=C(O)C(=O)N(CCN2CCOCC2)C1c1ccc(Br)cc1. The van der Waals surface area contributed by atoms with Gasteiger partial charge in [-0.1, -0.05) is 64.5 Å². The minimum Gasteiger partial charge on any atom is -0.503 e. The predicted octanol–water partition coefficient (Wildman–Crippen LogP) is 3.76. The van der Waals surface area contributed by atoms with Crippen molar-refractivity contribution in [1.29, 1.82) is 0 Å². The predicted molar refractivity (Wildman–Crippen MR) is 126 cm³/mol. The molecule has 2 aliphatic heterocycles. The maximum Gasteiger partial charge on any atom is 0.290 e. The molecule has 2 aromatic rings. The second-order valence-corrected chi connectivity index (χ2v) is 8.69. The maximum absolute atomic E-state index is 13.2. The van der Waals surface area contributed by atoms with E-state index in [9.17, 15) is 14.7 Å². The number of halogens is 1. The number of benzene rings is 2. The normalized spacial score (nSPS) is 19.8. The highest BCUT2D eigenvalue weighted by molar-refractivity contribution is 9.10. The van der Waals surface area contributed by atoms with E-state index in [2.05, 4.69) is 20.8 Å². The van der Waals surface area contributed by atoms with Gasteiger partial charge in [-0.05, 0) is 29.3 Å². The van der Waals surface area contributed by atoms with Crippen LogP contribution >= 0.6 is 15.9 Å². The molecular weight excluding hydrogens is 472 g/mol. The molecule has 1 amide bonds. The minimum absolute atomic E-state index is 0.117. The Kier molecular flexibility index (Phi) is 7.19. The van der Waals surface area contributed by atoms with Gasteiger partial charge in [0, 0.05) is 30.7 Å². The number of rotatable bonds is 7. The molecule has 166 valence electrons. The van der Waals surface area contributed by atoms with Gasteiger partial charge in [-0.3, -0.25) is 14.5 Å². The second kappa shape index (κ2) is 10.3. The molecule has 0 aliphatic carbocycles. The van der Waals surface area contributed by atoms with Gasteiger partial charge in [0.1, 0.15) is 0 Å². The fourth-order valence-electron chi connectivity index (χ4n) is 4.03. The van der Waals surface area contributed by atoms with Gasteiger partial charge >= 0.3 is 0 Å². The lowest BCUT2D eigenvalue weighted by molar-refractivity contribution is -0.129. The summed E-state index contributed by atoms with van der Waals surface area (Å²) in [5, 5.41) is 10.7. The van der Waals surface area contributed by atoms with Crippen LogP contribution in [0.15, 0.2) is 76.5 Å². The maximum atomic E-state index is 13.2. The van der Waals surface area contributed by atoms with Crippen molar-refractivity contribution in [3.63, 3.8) is 0 Å². The van der Waals surface area contributed by atoms with Crippen LogP contribution < -0.4 is 0 Å². The summed E-state index contributed by atoms with van der Waals surface area (Å²) in [7, 11) is 0. The van der Waals surface area contributed by atoms with Gasteiger partial charge < -0.3 is 14.7 Å². The zero-order chi connectivity index (χ0) is 22.5. The quantitative estimate of drug-likeness (QED) is 0.591. The number of allylic oxidation sites excluding steroid dienone is 1. The summed E-state index contributed by atoms with van der Waals surface area (Å²) in [5.41, 5.74) is 1.77. The van der Waals surface area contributed by atoms with E-state index >= 15 is 0 Å². The average molecular weight is 497 g/mol. The molecule has 2 aliphatic rings. The Morgan fingerprint density at radius 3 is 2.44 bits per heavy atom. The molecular formula is C25H25BrN2O4. The van der Waals surface area contributed by atoms with Gasteiger partial charge in [-0.25, -0.2) is 0 Å². The topological polar surface area (TPSA) is 70.1 Å². The Bertz CT molecular complexity index is 1030. The van der Waals surface area contributed by atoms with Crippen LogP contribution in [0, 0.1) is 0 Å². The molecule has 0 bridgehead atoms. The highest BCUT2D eigenvalue weighted by Gasteiger charge is 2.42. The number of carbonyl (C=O) groups is 2. The third kappa shape index (κ3) is 5.01. The Balaban J connectivity index is 1.61. The molecule has 4 rings (SSSR count). The van der Waals surface area contributed by atoms with Crippen molar-refractivity contribution in [2.75, 3.05) is 39.4 Å². The molecule has 32 heavy (non-hydrogen) atoms. The number of ketones is 1. The second-order valence-electron chi connectivity index (χ2n) is 7.78. The molecule has 1 unspecified atom stereocenters. The first-order chi connectivity index (χ1) is 15.5. The van der Waals surface area contributed by atoms with Crippen LogP contribution in [-0.4, -0.2) is 66.0 Å². The molecule has 0 radical (unpaired) electrons. The van der Waals surface area contributed by atoms with Crippen molar-refractivity contribution >= 4 is 33.7 Å². The van der Waals surface area contributed by atoms with E-state index in [-0.39, 0.29) is 11.4 Å². The first-order valence-corrected chi connectivity index (χ1v) is 11.4. The molecule has 0 spiro atoms. The fraction of sp³-hybridized carbons (Fsp3) is 0.280. The molecule has 1 saturated heterocycles. The minimum atomic E-state index is -0.635. The average Bonchev–Trinajstić information content (AvgIpc) is 3.08. The molecule has 7 heteroatoms. The van der Waals surface area contributed by atoms with Crippen molar-refractivity contribution in [3.8, 4) is 0 Å². The summed E-state index contributed by atoms with van der Waals surface area (Å²) in [6.45, 7) is 3.99. The first-order valence-electron chi connectivity index (χ1n) is 10.6. The summed E-state index contributed by atoms with van der Waals surface area (Å²) < 4.78 is 6.29. The molecule has 0 aromatic heterocycles. The largest absolute Gasteiger partial charge is 0.503 e. The van der Waals surface area contributed by atoms with Crippen molar-refractivity contribution in [3.05, 3.63) is 87.6 Å². The number of amides is 1. The fourth-order valence-corrected chi connectivity index (χ4v) is 4.29. The molecule has 1 fully saturated rings. The van der Waals surface area contributed by atoms with Crippen molar-refractivity contribution in [1.82, 2.24) is 9.80 Å². The highest BCUT2D eigenvalue weighted by atomic mass is 79.9. The Labute approximate surface area is 195 Å². The van der Waals surface area contributed by atoms with Gasteiger partial charge in [-0.15, -0.1) is 0 Å². The first kappa shape index (κ1) is 22.5. The summed E-state index contributed by atoms with van der Waals surface area (Å²) in [6.07, 6.45) is 3.12. The third-order valence-electron chi connectivity index (χ3n) is 5.74. The Morgan fingerprint density at radius 2 is 1.75 bits per heavy atom. The van der Waals surface area contributed by atoms with E-state index in [4.69, 9.17) is 4.74 Å². The zero-order valence-corrected chi connectivity index (χ0v) is 19.2. The summed E-state index contributed by atoms with van der Waals surface area (Å²) >= 11 is 3.43. The lowest BCUT2D eigenvalue weighted by atomic mass is 9.95. The number of carbonyl (C=O) groups excluding carboxylic acids is 2. The van der Waals surface area contributed by atoms with E-state index < -0.39 is 17.7 Å². The van der Waals surface area contributed by atoms with E-state index in [0.29, 0.717) is 26.3 Å². The highest BCUT2D eigenvalue weighted by Crippen LogP contribution is 2.38. The van der Waals surface area contributed by atoms with Gasteiger partial charge in [0.25, 0.3) is 5.91 Å². The van der Waals surface area contributed by atoms with Crippen LogP contribution in [0.1, 0.15) is 17.2 Å². The standard InChI is InChI=1S/C25H25BrN2O4/c26-20-9-7-19(8-10-20)23-22(21(29)11-6-18-4-2-1-3-5-18)24(30)25(31)28(23)13-12-27-14-16-32-17-15-27/h1-11,23,30H,12-17H2. The Morgan fingerprint density at radius 1 is 1.06 bits per heavy atom. The lowest BCUT2D eigenvalue weighted by Gasteiger charge is -2.31. The third-order valence-corrected chi connectivity index (χ3v) is 6.27. The van der Waals surface area contributed by atoms with Gasteiger partial charge in [0.15, 0.2) is 11.5 Å². The number of hydrogen-bond donors (Lipinski definition) is 1. The van der Waals surface area contributed by atoms with Crippen molar-refractivity contribution < 1.29 is 19.4 Å². The van der Waals surface area contributed by atoms with E-state index in [1.54, 1.807) is 11.0 Å². The van der Waals surface area contributed by atoms with E-state index in [0.717, 1.165) is 28.7 Å². The number of aliphatic hydroxyl groups is 1. The number of ether oxygens (including phenoxy) is 1. The molecule has 1 atom stereocenters. The van der Waals surface area contributed by atoms with Crippen LogP contribution in [0.4, 0.5) is 0 Å². The van der Waals surface area contributed by atoms with Crippen LogP contribution in [-0.2, 0) is 14.3 Å². The Hall–Kier alpha value is -2.74. The number of hydrogen-bond acceptors (Lipinski definition) is 5. The smallest absolute Gasteiger partial charge is 0.290 e. The molecule has 1 N–H and O–H groups in total. The summed E-state index contributed by atoms with van der Waals surface area (Å²) in [4.78, 5) is 30.0. The van der Waals surface area contributed by atoms with Crippen molar-refractivity contribution in [2.24, 2.45) is 0 Å². The number of nitrogens with zero attached hydrogens (tertiary/aromatic N) is 2. The van der Waals surface area contributed by atoms with Crippen LogP contribution in [0.5, 0.6) is 0 Å². The summed E-state index contributed by atoms with van der Waals surface area (Å²) in [5.74, 6) is -1.35. The number of aliphatic hydroxyl groups excluding tert-OH is 1. The van der Waals surface area contributed by atoms with Crippen LogP contribution in [0.3, 0.4) is 0 Å². The molecule has 6 nitrogen and oxygen atoms in total. The number of morpholine rings is 1. The molecule has 0 saturated carbocycles.